The van der Waals surface area contributed by atoms with Crippen molar-refractivity contribution in [2.75, 3.05) is 13.2 Å². The number of alkyl carbamates (subject to hydrolysis) is 1. The second kappa shape index (κ2) is 11.7. The van der Waals surface area contributed by atoms with Gasteiger partial charge in [0.2, 0.25) is 5.91 Å². The summed E-state index contributed by atoms with van der Waals surface area (Å²) in [5.74, 6) is -1.71. The molecular weight excluding hydrogens is 432 g/mol. The van der Waals surface area contributed by atoms with Crippen LogP contribution in [0, 0.1) is 11.8 Å². The molecule has 34 heavy (non-hydrogen) atoms. The lowest BCUT2D eigenvalue weighted by Crippen LogP contribution is -2.46. The van der Waals surface area contributed by atoms with Gasteiger partial charge in [-0.1, -0.05) is 75.7 Å². The number of hydrogen-bond acceptors (Lipinski definition) is 4. The highest BCUT2D eigenvalue weighted by atomic mass is 16.5. The fourth-order valence-corrected chi connectivity index (χ4v) is 4.47. The van der Waals surface area contributed by atoms with Gasteiger partial charge in [0.05, 0.1) is 12.3 Å². The maximum Gasteiger partial charge on any atom is 0.407 e. The first-order chi connectivity index (χ1) is 16.3. The molecule has 0 fully saturated rings. The lowest BCUT2D eigenvalue weighted by molar-refractivity contribution is -0.138. The molecule has 0 saturated carbocycles. The summed E-state index contributed by atoms with van der Waals surface area (Å²) in [6, 6.07) is 15.8. The third-order valence-electron chi connectivity index (χ3n) is 6.37. The first-order valence-electron chi connectivity index (χ1n) is 11.9. The summed E-state index contributed by atoms with van der Waals surface area (Å²) >= 11 is 0. The van der Waals surface area contributed by atoms with Crippen LogP contribution < -0.4 is 10.6 Å². The molecule has 0 saturated heterocycles. The quantitative estimate of drug-likeness (QED) is 0.450. The van der Waals surface area contributed by atoms with Gasteiger partial charge in [0.25, 0.3) is 0 Å². The standard InChI is InChI=1S/C27H34N2O5/c1-4-9-18(26(32)29-24(17(2)3)14-25(30)31)15-28-27(33)34-16-23-21-12-7-5-10-19(21)20-11-6-8-13-22(20)23/h5-8,10-13,17-18,23-24H,4,9,14-16H2,1-3H3,(H,28,33)(H,29,32)(H,30,31)/t18?,24-/m0/s1. The number of ether oxygens (including phenoxy) is 1. The van der Waals surface area contributed by atoms with Crippen LogP contribution >= 0.6 is 0 Å². The number of amides is 2. The van der Waals surface area contributed by atoms with Gasteiger partial charge >= 0.3 is 12.1 Å². The summed E-state index contributed by atoms with van der Waals surface area (Å²) in [5.41, 5.74) is 4.59. The number of aliphatic carboxylic acids is 1. The number of carbonyl (C=O) groups excluding carboxylic acids is 2. The zero-order chi connectivity index (χ0) is 24.7. The van der Waals surface area contributed by atoms with E-state index in [1.54, 1.807) is 0 Å². The minimum Gasteiger partial charge on any atom is -0.481 e. The smallest absolute Gasteiger partial charge is 0.407 e. The zero-order valence-electron chi connectivity index (χ0n) is 20.0. The minimum absolute atomic E-state index is 0.0163. The third kappa shape index (κ3) is 6.16. The largest absolute Gasteiger partial charge is 0.481 e. The van der Waals surface area contributed by atoms with Crippen molar-refractivity contribution in [3.05, 3.63) is 59.7 Å². The van der Waals surface area contributed by atoms with Crippen molar-refractivity contribution >= 4 is 18.0 Å². The topological polar surface area (TPSA) is 105 Å². The molecule has 182 valence electrons. The molecule has 0 radical (unpaired) electrons. The molecule has 7 heteroatoms. The van der Waals surface area contributed by atoms with E-state index in [9.17, 15) is 14.4 Å². The normalized spacial score (nSPS) is 14.1. The molecule has 2 aromatic rings. The van der Waals surface area contributed by atoms with Crippen LogP contribution in [0.4, 0.5) is 4.79 Å². The van der Waals surface area contributed by atoms with Gasteiger partial charge in [-0.3, -0.25) is 9.59 Å². The van der Waals surface area contributed by atoms with Gasteiger partial charge in [-0.15, -0.1) is 0 Å². The van der Waals surface area contributed by atoms with E-state index in [-0.39, 0.29) is 37.3 Å². The second-order valence-corrected chi connectivity index (χ2v) is 9.15. The van der Waals surface area contributed by atoms with Crippen LogP contribution in [0.15, 0.2) is 48.5 Å². The van der Waals surface area contributed by atoms with E-state index in [1.165, 1.54) is 0 Å². The lowest BCUT2D eigenvalue weighted by Gasteiger charge is -2.24. The number of fused-ring (bicyclic) bond motifs is 3. The number of carboxylic acids is 1. The Balaban J connectivity index is 1.57. The summed E-state index contributed by atoms with van der Waals surface area (Å²) in [4.78, 5) is 36.4. The highest BCUT2D eigenvalue weighted by Crippen LogP contribution is 2.44. The van der Waals surface area contributed by atoms with E-state index >= 15 is 0 Å². The van der Waals surface area contributed by atoms with E-state index < -0.39 is 24.0 Å². The summed E-state index contributed by atoms with van der Waals surface area (Å²) in [5, 5.41) is 14.7. The first kappa shape index (κ1) is 25.3. The van der Waals surface area contributed by atoms with E-state index in [1.807, 2.05) is 45.0 Å². The molecule has 1 aliphatic carbocycles. The van der Waals surface area contributed by atoms with Gasteiger partial charge in [-0.2, -0.15) is 0 Å². The van der Waals surface area contributed by atoms with Gasteiger partial charge in [0.1, 0.15) is 6.61 Å². The van der Waals surface area contributed by atoms with E-state index in [4.69, 9.17) is 9.84 Å². The average molecular weight is 467 g/mol. The fourth-order valence-electron chi connectivity index (χ4n) is 4.47. The average Bonchev–Trinajstić information content (AvgIpc) is 3.13. The lowest BCUT2D eigenvalue weighted by atomic mass is 9.97. The van der Waals surface area contributed by atoms with Gasteiger partial charge in [-0.25, -0.2) is 4.79 Å². The molecule has 0 bridgehead atoms. The van der Waals surface area contributed by atoms with Crippen molar-refractivity contribution in [2.24, 2.45) is 11.8 Å². The van der Waals surface area contributed by atoms with Crippen LogP contribution in [0.2, 0.25) is 0 Å². The molecule has 0 heterocycles. The maximum absolute atomic E-state index is 12.8. The number of hydrogen-bond donors (Lipinski definition) is 3. The highest BCUT2D eigenvalue weighted by molar-refractivity contribution is 5.81. The molecule has 1 unspecified atom stereocenters. The molecule has 0 aromatic heterocycles. The molecule has 0 spiro atoms. The van der Waals surface area contributed by atoms with Gasteiger partial charge in [-0.05, 0) is 34.6 Å². The molecule has 7 nitrogen and oxygen atoms in total. The zero-order valence-corrected chi connectivity index (χ0v) is 20.0. The van der Waals surface area contributed by atoms with Crippen LogP contribution in [0.5, 0.6) is 0 Å². The minimum atomic E-state index is -0.956. The Morgan fingerprint density at radius 1 is 1.00 bits per heavy atom. The fraction of sp³-hybridized carbons (Fsp3) is 0.444. The number of benzene rings is 2. The van der Waals surface area contributed by atoms with E-state index in [2.05, 4.69) is 34.9 Å². The molecule has 1 aliphatic rings. The van der Waals surface area contributed by atoms with E-state index in [0.717, 1.165) is 28.7 Å². The van der Waals surface area contributed by atoms with Crippen molar-refractivity contribution < 1.29 is 24.2 Å². The predicted octanol–water partition coefficient (Wildman–Crippen LogP) is 4.56. The Morgan fingerprint density at radius 3 is 2.12 bits per heavy atom. The van der Waals surface area contributed by atoms with Crippen molar-refractivity contribution in [3.8, 4) is 11.1 Å². The SMILES string of the molecule is CCCC(CNC(=O)OCC1c2ccccc2-c2ccccc21)C(=O)N[C@@H](CC(=O)O)C(C)C. The molecule has 2 amide bonds. The second-order valence-electron chi connectivity index (χ2n) is 9.15. The number of rotatable bonds is 11. The Bertz CT molecular complexity index is 974. The van der Waals surface area contributed by atoms with Crippen LogP contribution in [-0.2, 0) is 14.3 Å². The van der Waals surface area contributed by atoms with Gasteiger partial charge < -0.3 is 20.5 Å². The summed E-state index contributed by atoms with van der Waals surface area (Å²) in [7, 11) is 0. The summed E-state index contributed by atoms with van der Waals surface area (Å²) in [6.45, 7) is 6.05. The van der Waals surface area contributed by atoms with Crippen LogP contribution in [0.25, 0.3) is 11.1 Å². The Kier molecular flexibility index (Phi) is 8.68. The van der Waals surface area contributed by atoms with Gasteiger partial charge in [0, 0.05) is 18.5 Å². The summed E-state index contributed by atoms with van der Waals surface area (Å²) < 4.78 is 5.56. The maximum atomic E-state index is 12.8. The molecule has 0 aliphatic heterocycles. The number of carboxylic acid groups (broad SMARTS) is 1. The van der Waals surface area contributed by atoms with Gasteiger partial charge in [0.15, 0.2) is 0 Å². The van der Waals surface area contributed by atoms with Crippen LogP contribution in [-0.4, -0.2) is 42.3 Å². The molecule has 2 aromatic carbocycles. The number of carbonyl (C=O) groups is 3. The summed E-state index contributed by atoms with van der Waals surface area (Å²) in [6.07, 6.45) is 0.632. The van der Waals surface area contributed by atoms with Crippen molar-refractivity contribution in [1.29, 1.82) is 0 Å². The van der Waals surface area contributed by atoms with Crippen LogP contribution in [0.1, 0.15) is 57.1 Å². The molecule has 3 rings (SSSR count). The van der Waals surface area contributed by atoms with Crippen LogP contribution in [0.3, 0.4) is 0 Å². The Labute approximate surface area is 200 Å². The molecule has 3 N–H and O–H groups in total. The highest BCUT2D eigenvalue weighted by Gasteiger charge is 2.29. The van der Waals surface area contributed by atoms with Crippen molar-refractivity contribution in [1.82, 2.24) is 10.6 Å². The monoisotopic (exact) mass is 466 g/mol. The van der Waals surface area contributed by atoms with Crippen molar-refractivity contribution in [2.45, 2.75) is 52.0 Å². The Morgan fingerprint density at radius 2 is 1.59 bits per heavy atom. The third-order valence-corrected chi connectivity index (χ3v) is 6.37. The Hall–Kier alpha value is -3.35. The molecule has 2 atom stereocenters. The predicted molar refractivity (Wildman–Crippen MR) is 130 cm³/mol. The molecular formula is C27H34N2O5. The van der Waals surface area contributed by atoms with E-state index in [0.29, 0.717) is 6.42 Å². The first-order valence-corrected chi connectivity index (χ1v) is 11.9. The number of nitrogens with one attached hydrogen (secondary N) is 2. The van der Waals surface area contributed by atoms with Crippen molar-refractivity contribution in [3.63, 3.8) is 0 Å².